The van der Waals surface area contributed by atoms with E-state index < -0.39 is 39.1 Å². The summed E-state index contributed by atoms with van der Waals surface area (Å²) in [5.74, 6) is -0.399. The predicted octanol–water partition coefficient (Wildman–Crippen LogP) is 6.55. The average Bonchev–Trinajstić information content (AvgIpc) is 3.33. The molecule has 3 rings (SSSR count). The fourth-order valence-corrected chi connectivity index (χ4v) is 5.93. The Balaban J connectivity index is 1.82. The van der Waals surface area contributed by atoms with E-state index in [2.05, 4.69) is 15.9 Å². The monoisotopic (exact) mass is 627 g/mol. The largest absolute Gasteiger partial charge is 0.416 e. The number of halogens is 4. The zero-order valence-corrected chi connectivity index (χ0v) is 24.4. The molecule has 0 saturated heterocycles. The van der Waals surface area contributed by atoms with E-state index in [4.69, 9.17) is 0 Å². The Labute approximate surface area is 236 Å². The minimum atomic E-state index is -4.68. The molecule has 212 valence electrons. The predicted molar refractivity (Wildman–Crippen MR) is 148 cm³/mol. The summed E-state index contributed by atoms with van der Waals surface area (Å²) in [6.07, 6.45) is -0.783. The van der Waals surface area contributed by atoms with Crippen LogP contribution in [0.2, 0.25) is 0 Å². The maximum absolute atomic E-state index is 13.5. The van der Waals surface area contributed by atoms with Gasteiger partial charge in [-0.15, -0.1) is 0 Å². The Morgan fingerprint density at radius 2 is 1.69 bits per heavy atom. The zero-order valence-electron chi connectivity index (χ0n) is 22.0. The van der Waals surface area contributed by atoms with Crippen molar-refractivity contribution < 1.29 is 26.4 Å². The Morgan fingerprint density at radius 3 is 2.33 bits per heavy atom. The molecule has 0 saturated carbocycles. The highest BCUT2D eigenvalue weighted by Gasteiger charge is 2.34. The third-order valence-electron chi connectivity index (χ3n) is 6.26. The van der Waals surface area contributed by atoms with Crippen molar-refractivity contribution in [3.63, 3.8) is 0 Å². The van der Waals surface area contributed by atoms with E-state index in [1.807, 2.05) is 54.1 Å². The second-order valence-corrected chi connectivity index (χ2v) is 12.1. The van der Waals surface area contributed by atoms with Crippen molar-refractivity contribution in [1.82, 2.24) is 13.8 Å². The number of aromatic nitrogens is 1. The standard InChI is InChI=1S/C28H33BrF3N3O3S/c1-3-5-16-34(20-25-9-7-17-33(25)19-22-11-13-24(29)14-12-22)27(36)21-35(15-4-2)39(37,38)26-10-6-8-23(18-26)28(30,31)32/h6-14,17-18H,3-5,15-16,19-21H2,1-2H3. The van der Waals surface area contributed by atoms with Gasteiger partial charge in [-0.1, -0.05) is 54.4 Å². The van der Waals surface area contributed by atoms with Crippen molar-refractivity contribution in [1.29, 1.82) is 0 Å². The van der Waals surface area contributed by atoms with Gasteiger partial charge in [-0.3, -0.25) is 4.79 Å². The normalized spacial score (nSPS) is 12.2. The highest BCUT2D eigenvalue weighted by atomic mass is 79.9. The number of sulfonamides is 1. The van der Waals surface area contributed by atoms with Crippen LogP contribution in [0.25, 0.3) is 0 Å². The molecule has 3 aromatic rings. The van der Waals surface area contributed by atoms with Gasteiger partial charge in [0.15, 0.2) is 0 Å². The first-order valence-corrected chi connectivity index (χ1v) is 15.0. The average molecular weight is 629 g/mol. The van der Waals surface area contributed by atoms with Crippen molar-refractivity contribution in [2.45, 2.75) is 57.3 Å². The number of amides is 1. The summed E-state index contributed by atoms with van der Waals surface area (Å²) < 4.78 is 70.4. The fraction of sp³-hybridized carbons (Fsp3) is 0.393. The molecule has 0 aliphatic rings. The van der Waals surface area contributed by atoms with Crippen molar-refractivity contribution in [2.24, 2.45) is 0 Å². The molecule has 2 aromatic carbocycles. The third-order valence-corrected chi connectivity index (χ3v) is 8.63. The Morgan fingerprint density at radius 1 is 0.974 bits per heavy atom. The molecule has 0 bridgehead atoms. The van der Waals surface area contributed by atoms with Crippen LogP contribution in [0.3, 0.4) is 0 Å². The Hall–Kier alpha value is -2.63. The second-order valence-electron chi connectivity index (χ2n) is 9.29. The number of alkyl halides is 3. The van der Waals surface area contributed by atoms with Crippen LogP contribution in [-0.2, 0) is 34.1 Å². The van der Waals surface area contributed by atoms with Gasteiger partial charge in [-0.25, -0.2) is 8.42 Å². The summed E-state index contributed by atoms with van der Waals surface area (Å²) in [7, 11) is -4.33. The molecule has 39 heavy (non-hydrogen) atoms. The quantitative estimate of drug-likeness (QED) is 0.216. The van der Waals surface area contributed by atoms with E-state index in [-0.39, 0.29) is 13.1 Å². The summed E-state index contributed by atoms with van der Waals surface area (Å²) in [6.45, 7) is 4.63. The first kappa shape index (κ1) is 30.9. The molecule has 0 aliphatic heterocycles. The Kier molecular flexibility index (Phi) is 10.8. The van der Waals surface area contributed by atoms with Crippen LogP contribution in [0.1, 0.15) is 49.9 Å². The number of carbonyl (C=O) groups excluding carboxylic acids is 1. The molecule has 0 unspecified atom stereocenters. The van der Waals surface area contributed by atoms with E-state index in [0.29, 0.717) is 25.6 Å². The number of nitrogens with zero attached hydrogens (tertiary/aromatic N) is 3. The zero-order chi connectivity index (χ0) is 28.6. The summed E-state index contributed by atoms with van der Waals surface area (Å²) in [5.41, 5.74) is 0.927. The van der Waals surface area contributed by atoms with Crippen LogP contribution in [0.5, 0.6) is 0 Å². The summed E-state index contributed by atoms with van der Waals surface area (Å²) in [5, 5.41) is 0. The van der Waals surface area contributed by atoms with Gasteiger partial charge in [0.05, 0.1) is 23.5 Å². The molecular weight excluding hydrogens is 595 g/mol. The van der Waals surface area contributed by atoms with E-state index >= 15 is 0 Å². The van der Waals surface area contributed by atoms with Crippen LogP contribution < -0.4 is 0 Å². The van der Waals surface area contributed by atoms with Crippen LogP contribution >= 0.6 is 15.9 Å². The molecule has 6 nitrogen and oxygen atoms in total. The SMILES string of the molecule is CCCCN(Cc1cccn1Cc1ccc(Br)cc1)C(=O)CN(CCC)S(=O)(=O)c1cccc(C(F)(F)F)c1. The topological polar surface area (TPSA) is 62.6 Å². The molecular formula is C28H33BrF3N3O3S. The molecule has 0 aliphatic carbocycles. The molecule has 0 atom stereocenters. The summed E-state index contributed by atoms with van der Waals surface area (Å²) >= 11 is 3.43. The van der Waals surface area contributed by atoms with Gasteiger partial charge in [0.1, 0.15) is 0 Å². The molecule has 0 radical (unpaired) electrons. The van der Waals surface area contributed by atoms with E-state index in [0.717, 1.165) is 51.1 Å². The molecule has 0 spiro atoms. The second kappa shape index (κ2) is 13.6. The number of rotatable bonds is 13. The van der Waals surface area contributed by atoms with Gasteiger partial charge < -0.3 is 9.47 Å². The fourth-order valence-electron chi connectivity index (χ4n) is 4.14. The van der Waals surface area contributed by atoms with Gasteiger partial charge in [0.2, 0.25) is 15.9 Å². The minimum absolute atomic E-state index is 0.00583. The third kappa shape index (κ3) is 8.43. The van der Waals surface area contributed by atoms with Gasteiger partial charge in [-0.2, -0.15) is 17.5 Å². The first-order chi connectivity index (χ1) is 18.5. The van der Waals surface area contributed by atoms with Crippen LogP contribution in [0, 0.1) is 0 Å². The lowest BCUT2D eigenvalue weighted by Crippen LogP contribution is -2.43. The lowest BCUT2D eigenvalue weighted by molar-refractivity contribution is -0.137. The van der Waals surface area contributed by atoms with E-state index in [1.165, 1.54) is 0 Å². The number of benzene rings is 2. The van der Waals surface area contributed by atoms with Gasteiger partial charge in [-0.05, 0) is 60.9 Å². The summed E-state index contributed by atoms with van der Waals surface area (Å²) in [6, 6.07) is 15.4. The van der Waals surface area contributed by atoms with Gasteiger partial charge in [0.25, 0.3) is 0 Å². The van der Waals surface area contributed by atoms with Crippen LogP contribution in [0.15, 0.2) is 76.2 Å². The van der Waals surface area contributed by atoms with Crippen molar-refractivity contribution in [3.8, 4) is 0 Å². The lowest BCUT2D eigenvalue weighted by atomic mass is 10.2. The smallest absolute Gasteiger partial charge is 0.345 e. The number of unbranched alkanes of at least 4 members (excludes halogenated alkanes) is 1. The van der Waals surface area contributed by atoms with Gasteiger partial charge >= 0.3 is 6.18 Å². The number of hydrogen-bond donors (Lipinski definition) is 0. The minimum Gasteiger partial charge on any atom is -0.345 e. The van der Waals surface area contributed by atoms with Crippen LogP contribution in [-0.4, -0.2) is 47.7 Å². The molecule has 0 fully saturated rings. The molecule has 1 aromatic heterocycles. The first-order valence-electron chi connectivity index (χ1n) is 12.8. The molecule has 1 heterocycles. The lowest BCUT2D eigenvalue weighted by Gasteiger charge is -2.28. The maximum Gasteiger partial charge on any atom is 0.416 e. The van der Waals surface area contributed by atoms with E-state index in [1.54, 1.807) is 11.8 Å². The van der Waals surface area contributed by atoms with E-state index in [9.17, 15) is 26.4 Å². The van der Waals surface area contributed by atoms with Crippen molar-refractivity contribution in [3.05, 3.63) is 88.2 Å². The van der Waals surface area contributed by atoms with Crippen molar-refractivity contribution >= 4 is 31.9 Å². The van der Waals surface area contributed by atoms with Crippen LogP contribution in [0.4, 0.5) is 13.2 Å². The summed E-state index contributed by atoms with van der Waals surface area (Å²) in [4.78, 5) is 14.6. The molecule has 0 N–H and O–H groups in total. The maximum atomic E-state index is 13.5. The molecule has 11 heteroatoms. The van der Waals surface area contributed by atoms with Crippen molar-refractivity contribution in [2.75, 3.05) is 19.6 Å². The highest BCUT2D eigenvalue weighted by molar-refractivity contribution is 9.10. The number of hydrogen-bond acceptors (Lipinski definition) is 3. The van der Waals surface area contributed by atoms with Gasteiger partial charge in [0, 0.05) is 36.0 Å². The number of carbonyl (C=O) groups is 1. The highest BCUT2D eigenvalue weighted by Crippen LogP contribution is 2.31. The Bertz CT molecular complexity index is 1340. The molecule has 1 amide bonds.